The molecule has 1 aliphatic rings. The zero-order chi connectivity index (χ0) is 13.8. The molecule has 0 aromatic rings. The lowest BCUT2D eigenvalue weighted by atomic mass is 10.1. The Morgan fingerprint density at radius 2 is 2.22 bits per heavy atom. The van der Waals surface area contributed by atoms with Crippen molar-refractivity contribution in [1.29, 1.82) is 0 Å². The number of hydrogen-bond donors (Lipinski definition) is 1. The molecule has 0 aliphatic carbocycles. The molecule has 0 saturated carbocycles. The lowest BCUT2D eigenvalue weighted by molar-refractivity contribution is -0.143. The van der Waals surface area contributed by atoms with Crippen LogP contribution >= 0.6 is 0 Å². The van der Waals surface area contributed by atoms with Crippen molar-refractivity contribution in [3.63, 3.8) is 0 Å². The average Bonchev–Trinajstić information content (AvgIpc) is 2.69. The third-order valence-electron chi connectivity index (χ3n) is 3.44. The van der Waals surface area contributed by atoms with Gasteiger partial charge in [0.2, 0.25) is 0 Å². The molecule has 0 bridgehead atoms. The number of nitrogens with one attached hydrogen (secondary N) is 1. The van der Waals surface area contributed by atoms with Gasteiger partial charge in [0.05, 0.1) is 18.6 Å². The molecule has 1 fully saturated rings. The Morgan fingerprint density at radius 1 is 1.56 bits per heavy atom. The van der Waals surface area contributed by atoms with Crippen LogP contribution in [0.3, 0.4) is 0 Å². The highest BCUT2D eigenvalue weighted by atomic mass is 32.2. The van der Waals surface area contributed by atoms with Gasteiger partial charge in [0.1, 0.15) is 6.04 Å². The second kappa shape index (κ2) is 6.49. The van der Waals surface area contributed by atoms with Crippen LogP contribution in [0.2, 0.25) is 0 Å². The lowest BCUT2D eigenvalue weighted by Gasteiger charge is -2.24. The van der Waals surface area contributed by atoms with E-state index in [1.807, 2.05) is 11.9 Å². The van der Waals surface area contributed by atoms with Crippen molar-refractivity contribution in [2.45, 2.75) is 24.9 Å². The zero-order valence-corrected chi connectivity index (χ0v) is 12.0. The molecule has 1 heterocycles. The van der Waals surface area contributed by atoms with Crippen LogP contribution in [0.4, 0.5) is 0 Å². The Bertz CT molecular complexity index is 383. The van der Waals surface area contributed by atoms with E-state index in [1.165, 1.54) is 7.11 Å². The highest BCUT2D eigenvalue weighted by Crippen LogP contribution is 2.16. The quantitative estimate of drug-likeness (QED) is 0.645. The Kier molecular flexibility index (Phi) is 5.55. The molecule has 1 aliphatic heterocycles. The van der Waals surface area contributed by atoms with Crippen molar-refractivity contribution in [2.24, 2.45) is 0 Å². The Balaban J connectivity index is 2.41. The molecule has 18 heavy (non-hydrogen) atoms. The maximum Gasteiger partial charge on any atom is 0.322 e. The molecule has 7 heteroatoms. The first-order chi connectivity index (χ1) is 8.39. The third-order valence-corrected chi connectivity index (χ3v) is 5.19. The van der Waals surface area contributed by atoms with Gasteiger partial charge in [0, 0.05) is 12.6 Å². The molecule has 1 rings (SSSR count). The number of carbonyl (C=O) groups is 1. The number of likely N-dealkylation sites (N-methyl/N-ethyl adjacent to an activating group) is 1. The van der Waals surface area contributed by atoms with E-state index < -0.39 is 9.84 Å². The molecular weight excluding hydrogens is 256 g/mol. The number of hydrogen-bond acceptors (Lipinski definition) is 6. The highest BCUT2D eigenvalue weighted by Gasteiger charge is 2.31. The van der Waals surface area contributed by atoms with Gasteiger partial charge in [-0.3, -0.25) is 4.79 Å². The maximum absolute atomic E-state index is 11.4. The summed E-state index contributed by atoms with van der Waals surface area (Å²) in [6, 6.07) is -0.263. The largest absolute Gasteiger partial charge is 0.468 e. The molecule has 0 amide bonds. The lowest BCUT2D eigenvalue weighted by Crippen LogP contribution is -2.40. The minimum Gasteiger partial charge on any atom is -0.468 e. The zero-order valence-electron chi connectivity index (χ0n) is 11.2. The molecule has 0 aromatic carbocycles. The standard InChI is InChI=1S/C11H22N2O4S/c1-12-10(11(14)17-3)4-6-13(2)9-5-7-18(15,16)8-9/h9-10,12H,4-8H2,1-3H3. The molecule has 0 spiro atoms. The molecule has 0 radical (unpaired) electrons. The maximum atomic E-state index is 11.4. The van der Waals surface area contributed by atoms with Crippen LogP contribution in [-0.4, -0.2) is 70.6 Å². The Hall–Kier alpha value is -0.660. The van der Waals surface area contributed by atoms with E-state index in [4.69, 9.17) is 0 Å². The molecule has 2 unspecified atom stereocenters. The fourth-order valence-electron chi connectivity index (χ4n) is 2.16. The fourth-order valence-corrected chi connectivity index (χ4v) is 3.97. The van der Waals surface area contributed by atoms with E-state index in [1.54, 1.807) is 7.05 Å². The summed E-state index contributed by atoms with van der Waals surface area (Å²) in [4.78, 5) is 13.4. The predicted octanol–water partition coefficient (Wildman–Crippen LogP) is -0.744. The van der Waals surface area contributed by atoms with Crippen LogP contribution in [0.15, 0.2) is 0 Å². The first kappa shape index (κ1) is 15.4. The van der Waals surface area contributed by atoms with Crippen molar-refractivity contribution in [1.82, 2.24) is 10.2 Å². The van der Waals surface area contributed by atoms with Crippen molar-refractivity contribution in [3.8, 4) is 0 Å². The summed E-state index contributed by atoms with van der Waals surface area (Å²) >= 11 is 0. The van der Waals surface area contributed by atoms with Crippen molar-refractivity contribution < 1.29 is 17.9 Å². The number of carbonyl (C=O) groups excluding carboxylic acids is 1. The van der Waals surface area contributed by atoms with Gasteiger partial charge < -0.3 is 15.0 Å². The van der Waals surface area contributed by atoms with Crippen LogP contribution in [0.25, 0.3) is 0 Å². The SMILES string of the molecule is CNC(CCN(C)C1CCS(=O)(=O)C1)C(=O)OC. The number of nitrogens with zero attached hydrogens (tertiary/aromatic N) is 1. The van der Waals surface area contributed by atoms with Crippen LogP contribution in [0, 0.1) is 0 Å². The van der Waals surface area contributed by atoms with Gasteiger partial charge in [0.25, 0.3) is 0 Å². The summed E-state index contributed by atoms with van der Waals surface area (Å²) in [5, 5.41) is 2.90. The van der Waals surface area contributed by atoms with Crippen LogP contribution < -0.4 is 5.32 Å². The number of methoxy groups -OCH3 is 1. The topological polar surface area (TPSA) is 75.7 Å². The van der Waals surface area contributed by atoms with E-state index in [2.05, 4.69) is 10.1 Å². The van der Waals surface area contributed by atoms with Gasteiger partial charge in [0.15, 0.2) is 9.84 Å². The molecular formula is C11H22N2O4S. The third kappa shape index (κ3) is 4.22. The van der Waals surface area contributed by atoms with Crippen molar-refractivity contribution >= 4 is 15.8 Å². The van der Waals surface area contributed by atoms with Crippen LogP contribution in [0.5, 0.6) is 0 Å². The van der Waals surface area contributed by atoms with Crippen molar-refractivity contribution in [3.05, 3.63) is 0 Å². The number of sulfone groups is 1. The van der Waals surface area contributed by atoms with Crippen molar-refractivity contribution in [2.75, 3.05) is 39.3 Å². The highest BCUT2D eigenvalue weighted by molar-refractivity contribution is 7.91. The monoisotopic (exact) mass is 278 g/mol. The van der Waals surface area contributed by atoms with Gasteiger partial charge in [-0.05, 0) is 26.9 Å². The molecule has 1 N–H and O–H groups in total. The minimum atomic E-state index is -2.85. The van der Waals surface area contributed by atoms with E-state index in [-0.39, 0.29) is 29.6 Å². The number of ether oxygens (including phenoxy) is 1. The van der Waals surface area contributed by atoms with Gasteiger partial charge in [-0.25, -0.2) is 8.42 Å². The summed E-state index contributed by atoms with van der Waals surface area (Å²) in [5.74, 6) is 0.213. The van der Waals surface area contributed by atoms with Gasteiger partial charge in [-0.2, -0.15) is 0 Å². The minimum absolute atomic E-state index is 0.0742. The average molecular weight is 278 g/mol. The molecule has 1 saturated heterocycles. The fraction of sp³-hybridized carbons (Fsp3) is 0.909. The smallest absolute Gasteiger partial charge is 0.322 e. The van der Waals surface area contributed by atoms with Gasteiger partial charge in [-0.1, -0.05) is 0 Å². The normalized spacial score (nSPS) is 24.1. The van der Waals surface area contributed by atoms with E-state index in [0.717, 1.165) is 0 Å². The summed E-state index contributed by atoms with van der Waals surface area (Å²) in [6.07, 6.45) is 1.29. The summed E-state index contributed by atoms with van der Waals surface area (Å²) in [6.45, 7) is 0.667. The summed E-state index contributed by atoms with van der Waals surface area (Å²) in [7, 11) is 2.11. The van der Waals surface area contributed by atoms with Gasteiger partial charge in [-0.15, -0.1) is 0 Å². The Labute approximate surface area is 109 Å². The summed E-state index contributed by atoms with van der Waals surface area (Å²) < 4.78 is 27.4. The van der Waals surface area contributed by atoms with Gasteiger partial charge >= 0.3 is 5.97 Å². The predicted molar refractivity (Wildman–Crippen MR) is 69.2 cm³/mol. The Morgan fingerprint density at radius 3 is 2.67 bits per heavy atom. The van der Waals surface area contributed by atoms with E-state index in [0.29, 0.717) is 19.4 Å². The molecule has 6 nitrogen and oxygen atoms in total. The first-order valence-corrected chi connectivity index (χ1v) is 7.87. The molecule has 106 valence electrons. The second-order valence-electron chi connectivity index (χ2n) is 4.69. The first-order valence-electron chi connectivity index (χ1n) is 6.05. The molecule has 0 aromatic heterocycles. The molecule has 2 atom stereocenters. The number of rotatable bonds is 6. The van der Waals surface area contributed by atoms with Crippen LogP contribution in [0.1, 0.15) is 12.8 Å². The van der Waals surface area contributed by atoms with E-state index >= 15 is 0 Å². The number of esters is 1. The van der Waals surface area contributed by atoms with E-state index in [9.17, 15) is 13.2 Å². The van der Waals surface area contributed by atoms with Crippen LogP contribution in [-0.2, 0) is 19.4 Å². The summed E-state index contributed by atoms with van der Waals surface area (Å²) in [5.41, 5.74) is 0. The second-order valence-corrected chi connectivity index (χ2v) is 6.92.